The molecule has 2 atom stereocenters. The van der Waals surface area contributed by atoms with Gasteiger partial charge in [0.05, 0.1) is 11.3 Å². The molecule has 2 rings (SSSR count). The van der Waals surface area contributed by atoms with Crippen molar-refractivity contribution in [1.29, 1.82) is 5.26 Å². The lowest BCUT2D eigenvalue weighted by Gasteiger charge is -2.45. The van der Waals surface area contributed by atoms with E-state index in [9.17, 15) is 10.4 Å². The van der Waals surface area contributed by atoms with E-state index in [4.69, 9.17) is 0 Å². The first-order chi connectivity index (χ1) is 10.6. The van der Waals surface area contributed by atoms with Crippen LogP contribution in [-0.4, -0.2) is 38.5 Å². The molecule has 0 radical (unpaired) electrons. The Morgan fingerprint density at radius 2 is 2.14 bits per heavy atom. The second-order valence-electron chi connectivity index (χ2n) is 5.61. The number of nitriles is 1. The number of nitrogens with one attached hydrogen (secondary N) is 1. The Hall–Kier alpha value is -1.32. The first-order valence-electron chi connectivity index (χ1n) is 7.95. The number of nitrogens with zero attached hydrogens (tertiary/aromatic N) is 3. The van der Waals surface area contributed by atoms with Crippen LogP contribution >= 0.6 is 11.8 Å². The lowest BCUT2D eigenvalue weighted by atomic mass is 9.79. The van der Waals surface area contributed by atoms with Crippen molar-refractivity contribution >= 4 is 17.6 Å². The quantitative estimate of drug-likeness (QED) is 0.803. The van der Waals surface area contributed by atoms with Gasteiger partial charge in [0.25, 0.3) is 0 Å². The molecule has 0 unspecified atom stereocenters. The van der Waals surface area contributed by atoms with Crippen LogP contribution in [0.3, 0.4) is 0 Å². The Morgan fingerprint density at radius 3 is 2.64 bits per heavy atom. The van der Waals surface area contributed by atoms with Crippen molar-refractivity contribution < 1.29 is 5.11 Å². The standard InChI is InChI=1S/C16H24N4OS/c1-4-11-12(9-17)15(20-19-13(11)5-2)18-10-16(21)8-7-14(16)22-6-3/h14,21H,4-8,10H2,1-3H3,(H,18,20)/t14-,16+/m1/s1. The van der Waals surface area contributed by atoms with Crippen LogP contribution in [0.25, 0.3) is 0 Å². The maximum absolute atomic E-state index is 10.6. The number of anilines is 1. The van der Waals surface area contributed by atoms with Crippen LogP contribution in [0.1, 0.15) is 50.4 Å². The summed E-state index contributed by atoms with van der Waals surface area (Å²) in [5, 5.41) is 31.9. The Morgan fingerprint density at radius 1 is 1.36 bits per heavy atom. The monoisotopic (exact) mass is 320 g/mol. The largest absolute Gasteiger partial charge is 0.387 e. The highest BCUT2D eigenvalue weighted by Gasteiger charge is 2.45. The third-order valence-corrected chi connectivity index (χ3v) is 5.74. The minimum absolute atomic E-state index is 0.268. The highest BCUT2D eigenvalue weighted by molar-refractivity contribution is 8.00. The van der Waals surface area contributed by atoms with Crippen molar-refractivity contribution in [2.24, 2.45) is 0 Å². The molecular formula is C16H24N4OS. The highest BCUT2D eigenvalue weighted by Crippen LogP contribution is 2.41. The fraction of sp³-hybridized carbons (Fsp3) is 0.688. The first-order valence-corrected chi connectivity index (χ1v) is 9.00. The maximum Gasteiger partial charge on any atom is 0.167 e. The van der Waals surface area contributed by atoms with Gasteiger partial charge in [-0.3, -0.25) is 0 Å². The van der Waals surface area contributed by atoms with Crippen LogP contribution in [0.2, 0.25) is 0 Å². The molecule has 22 heavy (non-hydrogen) atoms. The molecule has 1 heterocycles. The predicted octanol–water partition coefficient (Wildman–Crippen LogP) is 2.53. The van der Waals surface area contributed by atoms with Crippen molar-refractivity contribution in [1.82, 2.24) is 10.2 Å². The van der Waals surface area contributed by atoms with E-state index >= 15 is 0 Å². The van der Waals surface area contributed by atoms with E-state index < -0.39 is 5.60 Å². The van der Waals surface area contributed by atoms with Crippen LogP contribution in [0.4, 0.5) is 5.82 Å². The van der Waals surface area contributed by atoms with E-state index in [2.05, 4.69) is 28.5 Å². The summed E-state index contributed by atoms with van der Waals surface area (Å²) in [7, 11) is 0. The van der Waals surface area contributed by atoms with E-state index in [-0.39, 0.29) is 5.25 Å². The molecular weight excluding hydrogens is 296 g/mol. The number of aryl methyl sites for hydroxylation is 1. The average Bonchev–Trinajstić information content (AvgIpc) is 2.55. The maximum atomic E-state index is 10.6. The summed E-state index contributed by atoms with van der Waals surface area (Å²) in [6.45, 7) is 6.56. The molecule has 0 aliphatic heterocycles. The molecule has 0 aromatic carbocycles. The summed E-state index contributed by atoms with van der Waals surface area (Å²) < 4.78 is 0. The van der Waals surface area contributed by atoms with Gasteiger partial charge in [-0.2, -0.15) is 22.1 Å². The van der Waals surface area contributed by atoms with Crippen molar-refractivity contribution in [3.05, 3.63) is 16.8 Å². The number of aromatic nitrogens is 2. The second kappa shape index (κ2) is 7.30. The molecule has 1 saturated carbocycles. The van der Waals surface area contributed by atoms with E-state index in [0.717, 1.165) is 42.7 Å². The van der Waals surface area contributed by atoms with Gasteiger partial charge >= 0.3 is 0 Å². The van der Waals surface area contributed by atoms with Crippen LogP contribution < -0.4 is 5.32 Å². The smallest absolute Gasteiger partial charge is 0.167 e. The molecule has 0 spiro atoms. The van der Waals surface area contributed by atoms with Gasteiger partial charge in [-0.25, -0.2) is 0 Å². The minimum atomic E-state index is -0.703. The Kier molecular flexibility index (Phi) is 5.65. The Labute approximate surface area is 136 Å². The van der Waals surface area contributed by atoms with E-state index in [1.165, 1.54) is 0 Å². The molecule has 0 saturated heterocycles. The van der Waals surface area contributed by atoms with Crippen LogP contribution in [0, 0.1) is 11.3 Å². The van der Waals surface area contributed by atoms with Crippen molar-refractivity contribution in [2.75, 3.05) is 17.6 Å². The van der Waals surface area contributed by atoms with E-state index in [1.807, 2.05) is 13.8 Å². The zero-order valence-corrected chi connectivity index (χ0v) is 14.3. The number of rotatable bonds is 7. The van der Waals surface area contributed by atoms with Gasteiger partial charge in [0.2, 0.25) is 0 Å². The van der Waals surface area contributed by atoms with Gasteiger partial charge < -0.3 is 10.4 Å². The lowest BCUT2D eigenvalue weighted by Crippen LogP contribution is -2.54. The molecule has 1 aliphatic carbocycles. The molecule has 1 aromatic rings. The fourth-order valence-electron chi connectivity index (χ4n) is 2.89. The van der Waals surface area contributed by atoms with Gasteiger partial charge in [-0.15, -0.1) is 5.10 Å². The molecule has 1 fully saturated rings. The predicted molar refractivity (Wildman–Crippen MR) is 90.1 cm³/mol. The summed E-state index contributed by atoms with van der Waals surface area (Å²) in [5.41, 5.74) is 1.70. The molecule has 0 bridgehead atoms. The summed E-state index contributed by atoms with van der Waals surface area (Å²) in [6.07, 6.45) is 3.36. The number of hydrogen-bond acceptors (Lipinski definition) is 6. The van der Waals surface area contributed by atoms with Crippen LogP contribution in [0.5, 0.6) is 0 Å². The van der Waals surface area contributed by atoms with Gasteiger partial charge in [-0.1, -0.05) is 20.8 Å². The molecule has 5 nitrogen and oxygen atoms in total. The van der Waals surface area contributed by atoms with Crippen molar-refractivity contribution in [3.8, 4) is 6.07 Å². The Balaban J connectivity index is 2.15. The van der Waals surface area contributed by atoms with Gasteiger partial charge in [0, 0.05) is 11.8 Å². The average molecular weight is 320 g/mol. The Bertz CT molecular complexity index is 572. The number of aliphatic hydroxyl groups is 1. The summed E-state index contributed by atoms with van der Waals surface area (Å²) in [4.78, 5) is 0. The zero-order chi connectivity index (χ0) is 16.2. The molecule has 1 aromatic heterocycles. The van der Waals surface area contributed by atoms with Gasteiger partial charge in [0.15, 0.2) is 5.82 Å². The second-order valence-corrected chi connectivity index (χ2v) is 7.09. The summed E-state index contributed by atoms with van der Waals surface area (Å²) in [5.74, 6) is 1.50. The summed E-state index contributed by atoms with van der Waals surface area (Å²) in [6, 6.07) is 2.25. The van der Waals surface area contributed by atoms with Gasteiger partial charge in [-0.05, 0) is 37.0 Å². The minimum Gasteiger partial charge on any atom is -0.387 e. The summed E-state index contributed by atoms with van der Waals surface area (Å²) >= 11 is 1.79. The van der Waals surface area contributed by atoms with Crippen LogP contribution in [0.15, 0.2) is 0 Å². The first kappa shape index (κ1) is 17.0. The highest BCUT2D eigenvalue weighted by atomic mass is 32.2. The molecule has 1 aliphatic rings. The molecule has 0 amide bonds. The third kappa shape index (κ3) is 3.21. The van der Waals surface area contributed by atoms with E-state index in [1.54, 1.807) is 11.8 Å². The lowest BCUT2D eigenvalue weighted by molar-refractivity contribution is -0.0120. The number of hydrogen-bond donors (Lipinski definition) is 2. The van der Waals surface area contributed by atoms with E-state index in [0.29, 0.717) is 17.9 Å². The van der Waals surface area contributed by atoms with Crippen molar-refractivity contribution in [3.63, 3.8) is 0 Å². The van der Waals surface area contributed by atoms with Gasteiger partial charge in [0.1, 0.15) is 11.6 Å². The molecule has 6 heteroatoms. The molecule has 120 valence electrons. The molecule has 2 N–H and O–H groups in total. The SMILES string of the molecule is CCS[C@@H]1CC[C@]1(O)CNc1nnc(CC)c(CC)c1C#N. The topological polar surface area (TPSA) is 81.8 Å². The van der Waals surface area contributed by atoms with Crippen LogP contribution in [-0.2, 0) is 12.8 Å². The third-order valence-electron chi connectivity index (χ3n) is 4.33. The fourth-order valence-corrected chi connectivity index (χ4v) is 4.09. The zero-order valence-electron chi connectivity index (χ0n) is 13.5. The number of thioether (sulfide) groups is 1. The normalized spacial score (nSPS) is 23.7. The van der Waals surface area contributed by atoms with Crippen molar-refractivity contribution in [2.45, 2.75) is 57.3 Å².